The Hall–Kier alpha value is -0.570. The third kappa shape index (κ3) is 2.44. The minimum absolute atomic E-state index is 0.638. The maximum atomic E-state index is 10.9. The summed E-state index contributed by atoms with van der Waals surface area (Å²) in [6.45, 7) is 2.16. The minimum Gasteiger partial charge on any atom is -0.480 e. The molecule has 1 aliphatic carbocycles. The molecule has 0 bridgehead atoms. The number of carboxylic acid groups (broad SMARTS) is 1. The third-order valence-corrected chi connectivity index (χ3v) is 3.24. The Bertz CT molecular complexity index is 193. The van der Waals surface area contributed by atoms with Crippen LogP contribution in [0.15, 0.2) is 0 Å². The molecule has 76 valence electrons. The maximum absolute atomic E-state index is 10.9. The van der Waals surface area contributed by atoms with Crippen LogP contribution in [0.1, 0.15) is 45.4 Å². The van der Waals surface area contributed by atoms with E-state index < -0.39 is 11.5 Å². The van der Waals surface area contributed by atoms with Crippen molar-refractivity contribution in [2.75, 3.05) is 0 Å². The summed E-state index contributed by atoms with van der Waals surface area (Å²) in [5, 5.41) is 8.96. The summed E-state index contributed by atoms with van der Waals surface area (Å²) >= 11 is 0. The van der Waals surface area contributed by atoms with E-state index in [1.807, 2.05) is 0 Å². The first-order chi connectivity index (χ1) is 6.08. The standard InChI is InChI=1S/C10H19NO2/c1-2-8-4-3-6-10(11,7-5-8)9(12)13/h8H,2-7,11H2,1H3,(H,12,13)/t8-,10+/m1/s1. The molecule has 13 heavy (non-hydrogen) atoms. The van der Waals surface area contributed by atoms with Crippen LogP contribution in [-0.4, -0.2) is 16.6 Å². The van der Waals surface area contributed by atoms with Gasteiger partial charge in [-0.3, -0.25) is 4.79 Å². The van der Waals surface area contributed by atoms with Crippen LogP contribution in [-0.2, 0) is 4.79 Å². The molecule has 2 atom stereocenters. The summed E-state index contributed by atoms with van der Waals surface area (Å²) in [6.07, 6.45) is 5.50. The first-order valence-corrected chi connectivity index (χ1v) is 5.11. The van der Waals surface area contributed by atoms with Crippen LogP contribution in [0.5, 0.6) is 0 Å². The smallest absolute Gasteiger partial charge is 0.323 e. The van der Waals surface area contributed by atoms with Gasteiger partial charge >= 0.3 is 5.97 Å². The van der Waals surface area contributed by atoms with E-state index in [-0.39, 0.29) is 0 Å². The quantitative estimate of drug-likeness (QED) is 0.644. The van der Waals surface area contributed by atoms with E-state index in [0.717, 1.165) is 25.7 Å². The number of hydrogen-bond donors (Lipinski definition) is 2. The molecule has 3 nitrogen and oxygen atoms in total. The van der Waals surface area contributed by atoms with Gasteiger partial charge in [0.25, 0.3) is 0 Å². The molecule has 3 N–H and O–H groups in total. The van der Waals surface area contributed by atoms with Gasteiger partial charge in [-0.1, -0.05) is 26.2 Å². The summed E-state index contributed by atoms with van der Waals surface area (Å²) in [4.78, 5) is 10.9. The van der Waals surface area contributed by atoms with E-state index in [2.05, 4.69) is 6.92 Å². The molecule has 0 spiro atoms. The van der Waals surface area contributed by atoms with Gasteiger partial charge < -0.3 is 10.8 Å². The lowest BCUT2D eigenvalue weighted by molar-refractivity contribution is -0.143. The highest BCUT2D eigenvalue weighted by atomic mass is 16.4. The number of aliphatic carboxylic acids is 1. The van der Waals surface area contributed by atoms with Crippen molar-refractivity contribution in [3.8, 4) is 0 Å². The van der Waals surface area contributed by atoms with Gasteiger partial charge in [0.1, 0.15) is 5.54 Å². The Morgan fingerprint density at radius 1 is 1.54 bits per heavy atom. The molecule has 0 heterocycles. The number of hydrogen-bond acceptors (Lipinski definition) is 2. The summed E-state index contributed by atoms with van der Waals surface area (Å²) < 4.78 is 0. The second-order valence-electron chi connectivity index (χ2n) is 4.17. The molecule has 0 aromatic carbocycles. The SMILES string of the molecule is CC[C@@H]1CCC[C@@](N)(C(=O)O)CC1. The molecule has 0 aromatic heterocycles. The second-order valence-corrected chi connectivity index (χ2v) is 4.17. The zero-order valence-electron chi connectivity index (χ0n) is 8.25. The zero-order valence-corrected chi connectivity index (χ0v) is 8.25. The molecule has 1 saturated carbocycles. The second kappa shape index (κ2) is 4.09. The first-order valence-electron chi connectivity index (χ1n) is 5.11. The average Bonchev–Trinajstić information content (AvgIpc) is 2.28. The van der Waals surface area contributed by atoms with Gasteiger partial charge in [0, 0.05) is 0 Å². The molecule has 0 saturated heterocycles. The molecule has 0 aliphatic heterocycles. The molecule has 3 heteroatoms. The molecular formula is C10H19NO2. The molecule has 0 radical (unpaired) electrons. The number of carbonyl (C=O) groups is 1. The zero-order chi connectivity index (χ0) is 9.90. The summed E-state index contributed by atoms with van der Waals surface area (Å²) in [5.41, 5.74) is 4.88. The first kappa shape index (κ1) is 10.5. The highest BCUT2D eigenvalue weighted by molar-refractivity contribution is 5.78. The fourth-order valence-corrected chi connectivity index (χ4v) is 2.06. The number of carboxylic acids is 1. The van der Waals surface area contributed by atoms with Gasteiger partial charge in [-0.15, -0.1) is 0 Å². The Morgan fingerprint density at radius 2 is 2.23 bits per heavy atom. The summed E-state index contributed by atoms with van der Waals surface area (Å²) in [7, 11) is 0. The van der Waals surface area contributed by atoms with Crippen LogP contribution in [0, 0.1) is 5.92 Å². The molecule has 0 unspecified atom stereocenters. The lowest BCUT2D eigenvalue weighted by atomic mass is 9.91. The topological polar surface area (TPSA) is 63.3 Å². The van der Waals surface area contributed by atoms with Crippen molar-refractivity contribution in [3.05, 3.63) is 0 Å². The van der Waals surface area contributed by atoms with Crippen LogP contribution < -0.4 is 5.73 Å². The van der Waals surface area contributed by atoms with Gasteiger partial charge in [0.2, 0.25) is 0 Å². The largest absolute Gasteiger partial charge is 0.480 e. The monoisotopic (exact) mass is 185 g/mol. The molecule has 1 rings (SSSR count). The lowest BCUT2D eigenvalue weighted by Gasteiger charge is -2.22. The van der Waals surface area contributed by atoms with Gasteiger partial charge in [-0.05, 0) is 25.2 Å². The molecule has 1 aliphatic rings. The fraction of sp³-hybridized carbons (Fsp3) is 0.900. The van der Waals surface area contributed by atoms with Crippen LogP contribution in [0.3, 0.4) is 0 Å². The highest BCUT2D eigenvalue weighted by Crippen LogP contribution is 2.30. The predicted octanol–water partition coefficient (Wildman–Crippen LogP) is 1.76. The van der Waals surface area contributed by atoms with Crippen LogP contribution in [0.25, 0.3) is 0 Å². The van der Waals surface area contributed by atoms with Gasteiger partial charge in [-0.2, -0.15) is 0 Å². The van der Waals surface area contributed by atoms with Crippen LogP contribution in [0.2, 0.25) is 0 Å². The molecular weight excluding hydrogens is 166 g/mol. The van der Waals surface area contributed by atoms with Crippen LogP contribution in [0.4, 0.5) is 0 Å². The van der Waals surface area contributed by atoms with Crippen molar-refractivity contribution in [2.45, 2.75) is 51.0 Å². The van der Waals surface area contributed by atoms with E-state index in [4.69, 9.17) is 10.8 Å². The average molecular weight is 185 g/mol. The van der Waals surface area contributed by atoms with Crippen molar-refractivity contribution < 1.29 is 9.90 Å². The van der Waals surface area contributed by atoms with E-state index in [1.54, 1.807) is 0 Å². The van der Waals surface area contributed by atoms with E-state index in [9.17, 15) is 4.79 Å². The Balaban J connectivity index is 2.58. The van der Waals surface area contributed by atoms with Crippen molar-refractivity contribution >= 4 is 5.97 Å². The highest BCUT2D eigenvalue weighted by Gasteiger charge is 2.35. The van der Waals surface area contributed by atoms with E-state index in [0.29, 0.717) is 18.8 Å². The molecule has 1 fully saturated rings. The number of rotatable bonds is 2. The van der Waals surface area contributed by atoms with Crippen molar-refractivity contribution in [2.24, 2.45) is 11.7 Å². The van der Waals surface area contributed by atoms with Gasteiger partial charge in [-0.25, -0.2) is 0 Å². The third-order valence-electron chi connectivity index (χ3n) is 3.24. The lowest BCUT2D eigenvalue weighted by Crippen LogP contribution is -2.47. The van der Waals surface area contributed by atoms with Gasteiger partial charge in [0.15, 0.2) is 0 Å². The van der Waals surface area contributed by atoms with Gasteiger partial charge in [0.05, 0.1) is 0 Å². The number of nitrogens with two attached hydrogens (primary N) is 1. The Labute approximate surface area is 79.3 Å². The Morgan fingerprint density at radius 3 is 2.77 bits per heavy atom. The van der Waals surface area contributed by atoms with Crippen molar-refractivity contribution in [1.82, 2.24) is 0 Å². The van der Waals surface area contributed by atoms with Crippen molar-refractivity contribution in [1.29, 1.82) is 0 Å². The maximum Gasteiger partial charge on any atom is 0.323 e. The minimum atomic E-state index is -0.941. The molecule has 0 amide bonds. The summed E-state index contributed by atoms with van der Waals surface area (Å²) in [5.74, 6) is -0.144. The summed E-state index contributed by atoms with van der Waals surface area (Å²) in [6, 6.07) is 0. The predicted molar refractivity (Wildman–Crippen MR) is 51.4 cm³/mol. The van der Waals surface area contributed by atoms with Crippen LogP contribution >= 0.6 is 0 Å². The van der Waals surface area contributed by atoms with E-state index >= 15 is 0 Å². The van der Waals surface area contributed by atoms with Crippen molar-refractivity contribution in [3.63, 3.8) is 0 Å². The normalized spacial score (nSPS) is 35.4. The molecule has 0 aromatic rings. The fourth-order valence-electron chi connectivity index (χ4n) is 2.06. The van der Waals surface area contributed by atoms with E-state index in [1.165, 1.54) is 0 Å². The Kier molecular flexibility index (Phi) is 3.31.